The molecule has 0 unspecified atom stereocenters. The summed E-state index contributed by atoms with van der Waals surface area (Å²) in [6, 6.07) is 28.0. The lowest BCUT2D eigenvalue weighted by molar-refractivity contribution is 0.475. The van der Waals surface area contributed by atoms with Gasteiger partial charge in [-0.3, -0.25) is 9.98 Å². The first-order valence-corrected chi connectivity index (χ1v) is 15.5. The molecule has 5 aromatic carbocycles. The van der Waals surface area contributed by atoms with Gasteiger partial charge in [-0.05, 0) is 79.9 Å². The zero-order valence-electron chi connectivity index (χ0n) is 26.0. The molecular weight excluding hydrogens is 556 g/mol. The van der Waals surface area contributed by atoms with Gasteiger partial charge in [-0.2, -0.15) is 0 Å². The number of aromatic hydroxyl groups is 2. The van der Waals surface area contributed by atoms with Gasteiger partial charge in [0.25, 0.3) is 0 Å². The number of aryl methyl sites for hydroxylation is 4. The zero-order valence-corrected chi connectivity index (χ0v) is 26.0. The average Bonchev–Trinajstić information content (AvgIpc) is 3.49. The molecule has 0 saturated heterocycles. The normalized spacial score (nSPS) is 12.3. The molecule has 7 aromatic rings. The van der Waals surface area contributed by atoms with Crippen LogP contribution in [0.15, 0.2) is 94.9 Å². The molecule has 0 saturated carbocycles. The molecule has 6 nitrogen and oxygen atoms in total. The van der Waals surface area contributed by atoms with E-state index in [0.29, 0.717) is 22.5 Å². The molecule has 6 heteroatoms. The number of hydrogen-bond donors (Lipinski definition) is 2. The van der Waals surface area contributed by atoms with Crippen LogP contribution in [0.25, 0.3) is 43.6 Å². The van der Waals surface area contributed by atoms with Crippen molar-refractivity contribution in [2.75, 3.05) is 0 Å². The van der Waals surface area contributed by atoms with Crippen LogP contribution in [0.1, 0.15) is 42.0 Å². The van der Waals surface area contributed by atoms with E-state index in [1.165, 1.54) is 22.0 Å². The molecule has 45 heavy (non-hydrogen) atoms. The maximum Gasteiger partial charge on any atom is 0.125 e. The molecule has 0 fully saturated rings. The van der Waals surface area contributed by atoms with Crippen molar-refractivity contribution >= 4 is 67.4 Å². The number of nitrogens with zero attached hydrogens (tertiary/aromatic N) is 4. The Morgan fingerprint density at radius 1 is 0.644 bits per heavy atom. The Kier molecular flexibility index (Phi) is 7.13. The van der Waals surface area contributed by atoms with Gasteiger partial charge in [0, 0.05) is 75.2 Å². The smallest absolute Gasteiger partial charge is 0.125 e. The Bertz CT molecular complexity index is 2320. The highest BCUT2D eigenvalue weighted by Gasteiger charge is 2.16. The van der Waals surface area contributed by atoms with Gasteiger partial charge in [-0.15, -0.1) is 0 Å². The fraction of sp³-hybridized carbons (Fsp3) is 0.179. The third-order valence-electron chi connectivity index (χ3n) is 8.94. The van der Waals surface area contributed by atoms with Crippen LogP contribution in [-0.4, -0.2) is 31.8 Å². The van der Waals surface area contributed by atoms with Crippen LogP contribution in [0.5, 0.6) is 11.5 Å². The fourth-order valence-corrected chi connectivity index (χ4v) is 6.58. The van der Waals surface area contributed by atoms with E-state index in [1.54, 1.807) is 12.4 Å². The number of rotatable bonds is 7. The van der Waals surface area contributed by atoms with Crippen molar-refractivity contribution in [3.63, 3.8) is 0 Å². The molecule has 0 atom stereocenters. The highest BCUT2D eigenvalue weighted by atomic mass is 16.3. The molecule has 2 heterocycles. The summed E-state index contributed by atoms with van der Waals surface area (Å²) in [6.07, 6.45) is 5.57. The monoisotopic (exact) mass is 592 g/mol. The van der Waals surface area contributed by atoms with Gasteiger partial charge in [-0.1, -0.05) is 49.7 Å². The Morgan fingerprint density at radius 2 is 1.18 bits per heavy atom. The summed E-state index contributed by atoms with van der Waals surface area (Å²) >= 11 is 0. The second kappa shape index (κ2) is 11.3. The number of fused-ring (bicyclic) bond motifs is 6. The molecule has 0 radical (unpaired) electrons. The SMILES string of the molecule is CCCCn1c2cc(C=Nc3ccccc3N=Cc3cc4c(cc3O)c3c(C)cccc3n4C)c(O)cc2c2c(C)cccc21. The lowest BCUT2D eigenvalue weighted by atomic mass is 10.1. The van der Waals surface area contributed by atoms with E-state index < -0.39 is 0 Å². The number of benzene rings is 5. The lowest BCUT2D eigenvalue weighted by Crippen LogP contribution is -1.97. The lowest BCUT2D eigenvalue weighted by Gasteiger charge is -2.08. The van der Waals surface area contributed by atoms with Crippen LogP contribution in [-0.2, 0) is 13.6 Å². The Labute approximate surface area is 262 Å². The van der Waals surface area contributed by atoms with Gasteiger partial charge in [-0.25, -0.2) is 0 Å². The number of aliphatic imine (C=N–C) groups is 2. The summed E-state index contributed by atoms with van der Waals surface area (Å²) < 4.78 is 4.51. The molecule has 0 spiro atoms. The van der Waals surface area contributed by atoms with E-state index in [4.69, 9.17) is 9.98 Å². The van der Waals surface area contributed by atoms with E-state index in [0.717, 1.165) is 52.1 Å². The topological polar surface area (TPSA) is 75.0 Å². The van der Waals surface area contributed by atoms with E-state index in [-0.39, 0.29) is 11.5 Å². The van der Waals surface area contributed by atoms with Crippen molar-refractivity contribution in [1.82, 2.24) is 9.13 Å². The first-order chi connectivity index (χ1) is 21.9. The first-order valence-electron chi connectivity index (χ1n) is 15.5. The standard InChI is InChI=1S/C39H36N4O2/c1-5-6-17-43-33-16-10-12-25(3)39(33)29-21-37(45)27(19-35(29)43)23-41-31-14-8-7-13-30(31)40-22-26-18-34-28(20-36(26)44)38-24(2)11-9-15-32(38)42(34)4/h7-16,18-23,44-45H,5-6,17H2,1-4H3. The summed E-state index contributed by atoms with van der Waals surface area (Å²) in [5.74, 6) is 0.364. The van der Waals surface area contributed by atoms with Crippen LogP contribution in [0.2, 0.25) is 0 Å². The third-order valence-corrected chi connectivity index (χ3v) is 8.94. The Morgan fingerprint density at radius 3 is 1.78 bits per heavy atom. The first kappa shape index (κ1) is 28.4. The maximum atomic E-state index is 11.1. The van der Waals surface area contributed by atoms with Crippen LogP contribution < -0.4 is 0 Å². The van der Waals surface area contributed by atoms with Gasteiger partial charge >= 0.3 is 0 Å². The quantitative estimate of drug-likeness (QED) is 0.181. The zero-order chi connectivity index (χ0) is 31.2. The van der Waals surface area contributed by atoms with Crippen molar-refractivity contribution in [3.05, 3.63) is 107 Å². The van der Waals surface area contributed by atoms with Crippen molar-refractivity contribution in [2.45, 2.75) is 40.2 Å². The van der Waals surface area contributed by atoms with Crippen molar-refractivity contribution in [1.29, 1.82) is 0 Å². The molecule has 0 aliphatic heterocycles. The minimum atomic E-state index is 0.176. The minimum absolute atomic E-state index is 0.176. The van der Waals surface area contributed by atoms with Crippen LogP contribution in [0, 0.1) is 13.8 Å². The van der Waals surface area contributed by atoms with Gasteiger partial charge < -0.3 is 19.3 Å². The number of phenolic OH excluding ortho intramolecular Hbond substituents is 2. The number of unbranched alkanes of at least 4 members (excludes halogenated alkanes) is 1. The summed E-state index contributed by atoms with van der Waals surface area (Å²) in [7, 11) is 2.04. The summed E-state index contributed by atoms with van der Waals surface area (Å²) in [5, 5.41) is 26.5. The van der Waals surface area contributed by atoms with E-state index in [9.17, 15) is 10.2 Å². The maximum absolute atomic E-state index is 11.1. The summed E-state index contributed by atoms with van der Waals surface area (Å²) in [6.45, 7) is 7.33. The van der Waals surface area contributed by atoms with Crippen LogP contribution in [0.4, 0.5) is 11.4 Å². The second-order valence-electron chi connectivity index (χ2n) is 11.9. The molecule has 0 aliphatic rings. The number of phenols is 2. The Balaban J connectivity index is 1.26. The molecule has 224 valence electrons. The molecule has 0 aliphatic carbocycles. The minimum Gasteiger partial charge on any atom is -0.507 e. The summed E-state index contributed by atoms with van der Waals surface area (Å²) in [4.78, 5) is 9.51. The predicted molar refractivity (Wildman–Crippen MR) is 189 cm³/mol. The van der Waals surface area contributed by atoms with Crippen molar-refractivity contribution in [3.8, 4) is 11.5 Å². The predicted octanol–water partition coefficient (Wildman–Crippen LogP) is 9.77. The van der Waals surface area contributed by atoms with Crippen molar-refractivity contribution in [2.24, 2.45) is 17.0 Å². The van der Waals surface area contributed by atoms with Gasteiger partial charge in [0.15, 0.2) is 0 Å². The van der Waals surface area contributed by atoms with Gasteiger partial charge in [0.05, 0.1) is 16.9 Å². The highest BCUT2D eigenvalue weighted by molar-refractivity contribution is 6.13. The molecular formula is C39H36N4O2. The molecule has 0 bridgehead atoms. The number of hydrogen-bond acceptors (Lipinski definition) is 4. The summed E-state index contributed by atoms with van der Waals surface area (Å²) in [5.41, 5.74) is 9.40. The largest absolute Gasteiger partial charge is 0.507 e. The molecule has 2 N–H and O–H groups in total. The van der Waals surface area contributed by atoms with E-state index >= 15 is 0 Å². The highest BCUT2D eigenvalue weighted by Crippen LogP contribution is 2.37. The molecule has 7 rings (SSSR count). The van der Waals surface area contributed by atoms with Crippen LogP contribution in [0.3, 0.4) is 0 Å². The van der Waals surface area contributed by atoms with Crippen LogP contribution >= 0.6 is 0 Å². The van der Waals surface area contributed by atoms with E-state index in [1.807, 2.05) is 55.6 Å². The van der Waals surface area contributed by atoms with Gasteiger partial charge in [0.2, 0.25) is 0 Å². The number of para-hydroxylation sites is 2. The molecule has 2 aromatic heterocycles. The molecule has 0 amide bonds. The third kappa shape index (κ3) is 4.83. The van der Waals surface area contributed by atoms with Gasteiger partial charge in [0.1, 0.15) is 11.5 Å². The van der Waals surface area contributed by atoms with E-state index in [2.05, 4.69) is 66.3 Å². The fourth-order valence-electron chi connectivity index (χ4n) is 6.58. The van der Waals surface area contributed by atoms with Crippen molar-refractivity contribution < 1.29 is 10.2 Å². The Hall–Kier alpha value is -5.36. The number of aromatic nitrogens is 2. The average molecular weight is 593 g/mol. The second-order valence-corrected chi connectivity index (χ2v) is 11.9.